The van der Waals surface area contributed by atoms with Crippen molar-refractivity contribution in [2.24, 2.45) is 7.05 Å². The molecular formula is C30H30FN7O2S. The molecule has 0 spiro atoms. The van der Waals surface area contributed by atoms with Gasteiger partial charge in [0.25, 0.3) is 11.5 Å². The molecule has 5 aromatic rings. The third-order valence-corrected chi connectivity index (χ3v) is 7.48. The lowest BCUT2D eigenvalue weighted by Gasteiger charge is -2.12. The van der Waals surface area contributed by atoms with E-state index in [0.29, 0.717) is 22.0 Å². The number of pyridine rings is 1. The number of fused-ring (bicyclic) bond motifs is 1. The van der Waals surface area contributed by atoms with E-state index >= 15 is 0 Å². The van der Waals surface area contributed by atoms with Gasteiger partial charge < -0.3 is 20.9 Å². The molecule has 0 saturated carbocycles. The van der Waals surface area contributed by atoms with Crippen LogP contribution in [0.1, 0.15) is 16.1 Å². The molecule has 0 unspecified atom stereocenters. The van der Waals surface area contributed by atoms with Crippen molar-refractivity contribution < 1.29 is 9.18 Å². The van der Waals surface area contributed by atoms with E-state index in [1.165, 1.54) is 28.2 Å². The number of anilines is 4. The van der Waals surface area contributed by atoms with E-state index in [4.69, 9.17) is 0 Å². The summed E-state index contributed by atoms with van der Waals surface area (Å²) in [6.07, 6.45) is 2.71. The first-order chi connectivity index (χ1) is 19.8. The van der Waals surface area contributed by atoms with E-state index < -0.39 is 11.7 Å². The molecule has 0 fully saturated rings. The minimum atomic E-state index is -0.578. The molecule has 41 heavy (non-hydrogen) atoms. The smallest absolute Gasteiger partial charge is 0.290 e. The largest absolute Gasteiger partial charge is 0.384 e. The van der Waals surface area contributed by atoms with Gasteiger partial charge in [-0.3, -0.25) is 9.59 Å². The van der Waals surface area contributed by atoms with Crippen LogP contribution in [0.4, 0.5) is 27.3 Å². The second kappa shape index (κ2) is 12.3. The van der Waals surface area contributed by atoms with Crippen molar-refractivity contribution in [2.45, 2.75) is 6.42 Å². The van der Waals surface area contributed by atoms with Crippen LogP contribution >= 0.6 is 11.3 Å². The van der Waals surface area contributed by atoms with Gasteiger partial charge in [-0.15, -0.1) is 11.3 Å². The van der Waals surface area contributed by atoms with Gasteiger partial charge in [-0.05, 0) is 81.0 Å². The van der Waals surface area contributed by atoms with Gasteiger partial charge in [0, 0.05) is 23.9 Å². The maximum Gasteiger partial charge on any atom is 0.290 e. The van der Waals surface area contributed by atoms with Gasteiger partial charge in [0.2, 0.25) is 0 Å². The molecule has 1 amide bonds. The highest BCUT2D eigenvalue weighted by atomic mass is 32.1. The molecule has 0 aliphatic heterocycles. The zero-order valence-electron chi connectivity index (χ0n) is 22.9. The summed E-state index contributed by atoms with van der Waals surface area (Å²) in [7, 11) is 5.62. The Morgan fingerprint density at radius 3 is 2.63 bits per heavy atom. The van der Waals surface area contributed by atoms with Crippen LogP contribution in [0.2, 0.25) is 0 Å². The number of thiophene rings is 1. The molecule has 0 saturated heterocycles. The molecule has 0 aliphatic rings. The maximum atomic E-state index is 14.7. The monoisotopic (exact) mass is 571 g/mol. The molecule has 11 heteroatoms. The third-order valence-electron chi connectivity index (χ3n) is 6.36. The van der Waals surface area contributed by atoms with Gasteiger partial charge >= 0.3 is 0 Å². The molecule has 3 heterocycles. The molecule has 3 N–H and O–H groups in total. The van der Waals surface area contributed by atoms with Gasteiger partial charge in [-0.25, -0.2) is 14.1 Å². The van der Waals surface area contributed by atoms with Crippen molar-refractivity contribution in [1.82, 2.24) is 19.7 Å². The number of aryl methyl sites for hydroxylation is 1. The Kier molecular flexibility index (Phi) is 8.37. The minimum Gasteiger partial charge on any atom is -0.384 e. The zero-order chi connectivity index (χ0) is 28.9. The number of aromatic nitrogens is 3. The van der Waals surface area contributed by atoms with Crippen molar-refractivity contribution in [2.75, 3.05) is 43.1 Å². The molecule has 0 bridgehead atoms. The standard InChI is InChI=1S/C30H30FN7O2S/c1-37(2)14-6-13-32-21-10-12-28(33-18-21)34-25-17-23(36-38(3)30(25)40)19-9-11-22(31)24(15-19)35-29(39)27-16-20-7-4-5-8-26(20)41-27/h4-5,7-12,15-18,32H,6,13-14H2,1-3H3,(H,33,34)(H,35,39). The molecule has 3 aromatic heterocycles. The molecular weight excluding hydrogens is 541 g/mol. The average Bonchev–Trinajstić information content (AvgIpc) is 3.40. The van der Waals surface area contributed by atoms with Gasteiger partial charge in [-0.1, -0.05) is 18.2 Å². The minimum absolute atomic E-state index is 0.0189. The number of halogens is 1. The lowest BCUT2D eigenvalue weighted by molar-refractivity contribution is 0.103. The Bertz CT molecular complexity index is 1720. The summed E-state index contributed by atoms with van der Waals surface area (Å²) in [5.74, 6) is -0.487. The second-order valence-corrected chi connectivity index (χ2v) is 10.9. The molecule has 9 nitrogen and oxygen atoms in total. The molecule has 210 valence electrons. The summed E-state index contributed by atoms with van der Waals surface area (Å²) in [5.41, 5.74) is 1.77. The van der Waals surface area contributed by atoms with E-state index in [9.17, 15) is 14.0 Å². The van der Waals surface area contributed by atoms with Crippen LogP contribution in [0.15, 0.2) is 77.7 Å². The molecule has 5 rings (SSSR count). The Labute approximate surface area is 240 Å². The number of nitrogens with zero attached hydrogens (tertiary/aromatic N) is 4. The van der Waals surface area contributed by atoms with Crippen molar-refractivity contribution in [3.8, 4) is 11.3 Å². The van der Waals surface area contributed by atoms with Gasteiger partial charge in [-0.2, -0.15) is 5.10 Å². The lowest BCUT2D eigenvalue weighted by Crippen LogP contribution is -2.22. The molecule has 0 aliphatic carbocycles. The second-order valence-electron chi connectivity index (χ2n) is 9.81. The van der Waals surface area contributed by atoms with E-state index in [1.54, 1.807) is 37.5 Å². The maximum absolute atomic E-state index is 14.7. The van der Waals surface area contributed by atoms with Crippen LogP contribution in [0.5, 0.6) is 0 Å². The number of carbonyl (C=O) groups is 1. The number of hydrogen-bond donors (Lipinski definition) is 3. The number of hydrogen-bond acceptors (Lipinski definition) is 8. The van der Waals surface area contributed by atoms with Crippen LogP contribution in [-0.4, -0.2) is 52.8 Å². The molecule has 0 radical (unpaired) electrons. The fourth-order valence-corrected chi connectivity index (χ4v) is 5.19. The first kappa shape index (κ1) is 27.9. The van der Waals surface area contributed by atoms with Crippen LogP contribution in [0.3, 0.4) is 0 Å². The Hall–Kier alpha value is -4.61. The topological polar surface area (TPSA) is 104 Å². The first-order valence-corrected chi connectivity index (χ1v) is 13.9. The predicted octanol–water partition coefficient (Wildman–Crippen LogP) is 5.56. The lowest BCUT2D eigenvalue weighted by atomic mass is 10.1. The summed E-state index contributed by atoms with van der Waals surface area (Å²) in [5, 5.41) is 14.4. The Balaban J connectivity index is 1.33. The van der Waals surface area contributed by atoms with E-state index in [-0.39, 0.29) is 16.9 Å². The number of rotatable bonds is 10. The quantitative estimate of drug-likeness (QED) is 0.189. The van der Waals surface area contributed by atoms with Gasteiger partial charge in [0.05, 0.1) is 28.1 Å². The highest BCUT2D eigenvalue weighted by Gasteiger charge is 2.15. The summed E-state index contributed by atoms with van der Waals surface area (Å²) in [6, 6.07) is 19.0. The average molecular weight is 572 g/mol. The van der Waals surface area contributed by atoms with E-state index in [2.05, 4.69) is 30.9 Å². The molecule has 0 atom stereocenters. The van der Waals surface area contributed by atoms with Crippen LogP contribution in [0.25, 0.3) is 21.3 Å². The normalized spacial score (nSPS) is 11.1. The summed E-state index contributed by atoms with van der Waals surface area (Å²) in [4.78, 5) is 32.8. The number of nitrogens with one attached hydrogen (secondary N) is 3. The van der Waals surface area contributed by atoms with Crippen LogP contribution in [0, 0.1) is 5.82 Å². The third kappa shape index (κ3) is 6.76. The van der Waals surface area contributed by atoms with Crippen LogP contribution < -0.4 is 21.5 Å². The van der Waals surface area contributed by atoms with E-state index in [1.807, 2.05) is 44.4 Å². The van der Waals surface area contributed by atoms with Gasteiger partial charge in [0.1, 0.15) is 17.3 Å². The highest BCUT2D eigenvalue weighted by Crippen LogP contribution is 2.28. The van der Waals surface area contributed by atoms with Crippen molar-refractivity contribution in [3.63, 3.8) is 0 Å². The summed E-state index contributed by atoms with van der Waals surface area (Å²) in [6.45, 7) is 1.81. The first-order valence-electron chi connectivity index (χ1n) is 13.1. The SMILES string of the molecule is CN(C)CCCNc1ccc(Nc2cc(-c3ccc(F)c(NC(=O)c4cc5ccccc5s4)c3)nn(C)c2=O)nc1. The van der Waals surface area contributed by atoms with Crippen molar-refractivity contribution in [3.05, 3.63) is 94.0 Å². The number of carbonyl (C=O) groups excluding carboxylic acids is 1. The van der Waals surface area contributed by atoms with Gasteiger partial charge in [0.15, 0.2) is 0 Å². The molecule has 2 aromatic carbocycles. The predicted molar refractivity (Wildman–Crippen MR) is 164 cm³/mol. The van der Waals surface area contributed by atoms with E-state index in [0.717, 1.165) is 35.3 Å². The number of benzene rings is 2. The fourth-order valence-electron chi connectivity index (χ4n) is 4.24. The zero-order valence-corrected chi connectivity index (χ0v) is 23.8. The highest BCUT2D eigenvalue weighted by molar-refractivity contribution is 7.20. The Morgan fingerprint density at radius 2 is 1.88 bits per heavy atom. The Morgan fingerprint density at radius 1 is 1.05 bits per heavy atom. The summed E-state index contributed by atoms with van der Waals surface area (Å²) >= 11 is 1.34. The number of amides is 1. The summed E-state index contributed by atoms with van der Waals surface area (Å²) < 4.78 is 16.9. The van der Waals surface area contributed by atoms with Crippen molar-refractivity contribution in [1.29, 1.82) is 0 Å². The van der Waals surface area contributed by atoms with Crippen molar-refractivity contribution >= 4 is 50.2 Å². The van der Waals surface area contributed by atoms with Crippen LogP contribution in [-0.2, 0) is 7.05 Å². The fraction of sp³-hybridized carbons (Fsp3) is 0.200.